The van der Waals surface area contributed by atoms with Crippen molar-refractivity contribution in [2.24, 2.45) is 5.92 Å². The van der Waals surface area contributed by atoms with Crippen LogP contribution in [0.25, 0.3) is 0 Å². The fraction of sp³-hybridized carbons (Fsp3) is 0.636. The summed E-state index contributed by atoms with van der Waals surface area (Å²) in [4.78, 5) is 8.22. The van der Waals surface area contributed by atoms with E-state index in [1.807, 2.05) is 0 Å². The molecule has 94 valence electrons. The predicted octanol–water partition coefficient (Wildman–Crippen LogP) is 0.365. The van der Waals surface area contributed by atoms with Crippen LogP contribution in [0.3, 0.4) is 0 Å². The Morgan fingerprint density at radius 2 is 1.94 bits per heavy atom. The molecule has 4 N–H and O–H groups in total. The van der Waals surface area contributed by atoms with Crippen LogP contribution in [0.4, 0.5) is 11.8 Å². The third-order valence-electron chi connectivity index (χ3n) is 3.21. The zero-order chi connectivity index (χ0) is 12.4. The van der Waals surface area contributed by atoms with Crippen LogP contribution < -0.4 is 11.5 Å². The lowest BCUT2D eigenvalue weighted by atomic mass is 9.86. The van der Waals surface area contributed by atoms with Crippen LogP contribution >= 0.6 is 0 Å². The van der Waals surface area contributed by atoms with Crippen molar-refractivity contribution < 1.29 is 9.47 Å². The first-order valence-electron chi connectivity index (χ1n) is 5.62. The average Bonchev–Trinajstić information content (AvgIpc) is 2.31. The van der Waals surface area contributed by atoms with Crippen LogP contribution in [0.15, 0.2) is 0 Å². The molecule has 0 spiro atoms. The second kappa shape index (κ2) is 4.85. The van der Waals surface area contributed by atoms with Gasteiger partial charge in [-0.2, -0.15) is 4.98 Å². The number of aryl methyl sites for hydroxylation is 1. The molecular weight excluding hydrogens is 220 g/mol. The lowest BCUT2D eigenvalue weighted by Crippen LogP contribution is -2.31. The molecule has 6 nitrogen and oxygen atoms in total. The molecule has 1 heterocycles. The molecule has 6 heteroatoms. The number of nitrogens with two attached hydrogens (primary N) is 2. The molecule has 0 radical (unpaired) electrons. The number of nitrogen functional groups attached to an aromatic ring is 2. The summed E-state index contributed by atoms with van der Waals surface area (Å²) in [5.41, 5.74) is 13.4. The van der Waals surface area contributed by atoms with Crippen molar-refractivity contribution in [3.05, 3.63) is 11.3 Å². The number of nitrogens with zero attached hydrogens (tertiary/aromatic N) is 2. The third-order valence-corrected chi connectivity index (χ3v) is 3.21. The van der Waals surface area contributed by atoms with E-state index in [2.05, 4.69) is 9.97 Å². The average molecular weight is 238 g/mol. The first kappa shape index (κ1) is 12.1. The summed E-state index contributed by atoms with van der Waals surface area (Å²) in [6.45, 7) is 0. The lowest BCUT2D eigenvalue weighted by molar-refractivity contribution is -0.139. The maximum absolute atomic E-state index is 5.87. The van der Waals surface area contributed by atoms with Crippen molar-refractivity contribution in [2.75, 3.05) is 25.7 Å². The zero-order valence-electron chi connectivity index (χ0n) is 10.1. The molecule has 0 saturated heterocycles. The molecule has 2 rings (SSSR count). The highest BCUT2D eigenvalue weighted by molar-refractivity contribution is 5.47. The summed E-state index contributed by atoms with van der Waals surface area (Å²) in [6.07, 6.45) is 2.35. The molecule has 0 bridgehead atoms. The Bertz CT molecular complexity index is 407. The van der Waals surface area contributed by atoms with E-state index in [9.17, 15) is 0 Å². The van der Waals surface area contributed by atoms with Crippen molar-refractivity contribution in [1.82, 2.24) is 9.97 Å². The van der Waals surface area contributed by atoms with Gasteiger partial charge in [0.15, 0.2) is 6.29 Å². The van der Waals surface area contributed by atoms with Crippen molar-refractivity contribution >= 4 is 11.8 Å². The number of ether oxygens (including phenoxy) is 2. The molecule has 0 saturated carbocycles. The number of hydrogen-bond donors (Lipinski definition) is 2. The van der Waals surface area contributed by atoms with Gasteiger partial charge in [-0.25, -0.2) is 4.98 Å². The van der Waals surface area contributed by atoms with Crippen LogP contribution in [0.5, 0.6) is 0 Å². The molecule has 0 amide bonds. The number of aromatic nitrogens is 2. The van der Waals surface area contributed by atoms with Crippen molar-refractivity contribution in [2.45, 2.75) is 25.6 Å². The van der Waals surface area contributed by atoms with Gasteiger partial charge in [0.1, 0.15) is 5.82 Å². The quantitative estimate of drug-likeness (QED) is 0.738. The Morgan fingerprint density at radius 3 is 2.59 bits per heavy atom. The van der Waals surface area contributed by atoms with Gasteiger partial charge < -0.3 is 20.9 Å². The smallest absolute Gasteiger partial charge is 0.222 e. The minimum atomic E-state index is -0.208. The predicted molar refractivity (Wildman–Crippen MR) is 64.2 cm³/mol. The maximum Gasteiger partial charge on any atom is 0.222 e. The van der Waals surface area contributed by atoms with Gasteiger partial charge in [-0.1, -0.05) is 0 Å². The Morgan fingerprint density at radius 1 is 1.24 bits per heavy atom. The number of anilines is 2. The normalized spacial score (nSPS) is 19.4. The van der Waals surface area contributed by atoms with Crippen LogP contribution in [-0.4, -0.2) is 30.5 Å². The maximum atomic E-state index is 5.87. The lowest BCUT2D eigenvalue weighted by Gasteiger charge is -2.29. The molecule has 1 aliphatic carbocycles. The first-order chi connectivity index (χ1) is 8.15. The van der Waals surface area contributed by atoms with Crippen LogP contribution in [0.1, 0.15) is 17.7 Å². The second-order valence-electron chi connectivity index (χ2n) is 4.23. The molecule has 1 aromatic heterocycles. The van der Waals surface area contributed by atoms with Gasteiger partial charge in [0.25, 0.3) is 0 Å². The third kappa shape index (κ3) is 2.32. The van der Waals surface area contributed by atoms with E-state index in [1.54, 1.807) is 14.2 Å². The minimum Gasteiger partial charge on any atom is -0.383 e. The highest BCUT2D eigenvalue weighted by Gasteiger charge is 2.28. The molecule has 1 unspecified atom stereocenters. The highest BCUT2D eigenvalue weighted by atomic mass is 16.7. The van der Waals surface area contributed by atoms with E-state index < -0.39 is 0 Å². The molecule has 1 aliphatic rings. The van der Waals surface area contributed by atoms with Crippen molar-refractivity contribution in [3.8, 4) is 0 Å². The Kier molecular flexibility index (Phi) is 3.44. The molecule has 1 atom stereocenters. The van der Waals surface area contributed by atoms with Gasteiger partial charge in [-0.15, -0.1) is 0 Å². The van der Waals surface area contributed by atoms with Crippen LogP contribution in [0, 0.1) is 5.92 Å². The number of fused-ring (bicyclic) bond motifs is 1. The van der Waals surface area contributed by atoms with Gasteiger partial charge >= 0.3 is 0 Å². The van der Waals surface area contributed by atoms with Gasteiger partial charge in [-0.05, 0) is 19.3 Å². The standard InChI is InChI=1S/C11H18N4O2/c1-16-10(17-2)6-3-4-8-7(5-6)9(12)15-11(13)14-8/h6,10H,3-5H2,1-2H3,(H4,12,13,14,15). The topological polar surface area (TPSA) is 96.3 Å². The Labute approximate surface area is 100 Å². The summed E-state index contributed by atoms with van der Waals surface area (Å²) in [5, 5.41) is 0. The van der Waals surface area contributed by atoms with E-state index in [0.29, 0.717) is 5.82 Å². The number of methoxy groups -OCH3 is 2. The SMILES string of the molecule is COC(OC)C1CCc2nc(N)nc(N)c2C1. The van der Waals surface area contributed by atoms with E-state index in [0.717, 1.165) is 30.5 Å². The summed E-state index contributed by atoms with van der Waals surface area (Å²) >= 11 is 0. The van der Waals surface area contributed by atoms with E-state index in [1.165, 1.54) is 0 Å². The summed E-state index contributed by atoms with van der Waals surface area (Å²) in [6, 6.07) is 0. The minimum absolute atomic E-state index is 0.208. The zero-order valence-corrected chi connectivity index (χ0v) is 10.1. The van der Waals surface area contributed by atoms with Gasteiger partial charge in [0, 0.05) is 25.7 Å². The molecule has 17 heavy (non-hydrogen) atoms. The Balaban J connectivity index is 2.24. The molecule has 1 aromatic rings. The highest BCUT2D eigenvalue weighted by Crippen LogP contribution is 2.30. The largest absolute Gasteiger partial charge is 0.383 e. The van der Waals surface area contributed by atoms with Gasteiger partial charge in [-0.3, -0.25) is 0 Å². The van der Waals surface area contributed by atoms with Crippen LogP contribution in [0.2, 0.25) is 0 Å². The van der Waals surface area contributed by atoms with Gasteiger partial charge in [0.05, 0.1) is 5.69 Å². The van der Waals surface area contributed by atoms with Crippen molar-refractivity contribution in [1.29, 1.82) is 0 Å². The fourth-order valence-electron chi connectivity index (χ4n) is 2.40. The first-order valence-corrected chi connectivity index (χ1v) is 5.62. The van der Waals surface area contributed by atoms with E-state index in [-0.39, 0.29) is 18.2 Å². The van der Waals surface area contributed by atoms with E-state index in [4.69, 9.17) is 20.9 Å². The summed E-state index contributed by atoms with van der Waals surface area (Å²) in [7, 11) is 3.29. The molecule has 0 aliphatic heterocycles. The fourth-order valence-corrected chi connectivity index (χ4v) is 2.40. The number of rotatable bonds is 3. The molecular formula is C11H18N4O2. The summed E-state index contributed by atoms with van der Waals surface area (Å²) < 4.78 is 10.6. The van der Waals surface area contributed by atoms with Gasteiger partial charge in [0.2, 0.25) is 5.95 Å². The van der Waals surface area contributed by atoms with E-state index >= 15 is 0 Å². The second-order valence-corrected chi connectivity index (χ2v) is 4.23. The van der Waals surface area contributed by atoms with Crippen molar-refractivity contribution in [3.63, 3.8) is 0 Å². The molecule has 0 aromatic carbocycles. The Hall–Kier alpha value is -1.40. The monoisotopic (exact) mass is 238 g/mol. The summed E-state index contributed by atoms with van der Waals surface area (Å²) in [5.74, 6) is 1.00. The molecule has 0 fully saturated rings. The van der Waals surface area contributed by atoms with Crippen LogP contribution in [-0.2, 0) is 22.3 Å². The number of hydrogen-bond acceptors (Lipinski definition) is 6.